The van der Waals surface area contributed by atoms with E-state index in [0.29, 0.717) is 33.9 Å². The van der Waals surface area contributed by atoms with Gasteiger partial charge in [-0.25, -0.2) is 4.98 Å². The van der Waals surface area contributed by atoms with Crippen LogP contribution in [0, 0.1) is 0 Å². The molecule has 1 aliphatic heterocycles. The summed E-state index contributed by atoms with van der Waals surface area (Å²) in [7, 11) is 0. The normalized spacial score (nSPS) is 15.5. The number of pyridine rings is 1. The van der Waals surface area contributed by atoms with E-state index in [2.05, 4.69) is 16.0 Å². The van der Waals surface area contributed by atoms with Crippen molar-refractivity contribution in [3.8, 4) is 11.6 Å². The molecule has 1 fully saturated rings. The van der Waals surface area contributed by atoms with E-state index in [0.717, 1.165) is 29.9 Å². The summed E-state index contributed by atoms with van der Waals surface area (Å²) in [6.07, 6.45) is 8.84. The largest absolute Gasteiger partial charge is 0.437 e. The van der Waals surface area contributed by atoms with Crippen LogP contribution in [-0.2, 0) is 0 Å². The zero-order valence-corrected chi connectivity index (χ0v) is 20.4. The lowest BCUT2D eigenvalue weighted by atomic mass is 10.1. The Morgan fingerprint density at radius 3 is 2.65 bits per heavy atom. The molecule has 2 heterocycles. The van der Waals surface area contributed by atoms with Crippen molar-refractivity contribution >= 4 is 46.6 Å². The Morgan fingerprint density at radius 1 is 1.09 bits per heavy atom. The second-order valence-electron chi connectivity index (χ2n) is 8.44. The summed E-state index contributed by atoms with van der Waals surface area (Å²) in [5, 5.41) is 0.908. The number of halogens is 2. The minimum Gasteiger partial charge on any atom is -0.437 e. The smallest absolute Gasteiger partial charge is 0.263 e. The number of rotatable bonds is 6. The van der Waals surface area contributed by atoms with Crippen molar-refractivity contribution in [1.29, 1.82) is 0 Å². The predicted octanol–water partition coefficient (Wildman–Crippen LogP) is 7.23. The first-order valence-electron chi connectivity index (χ1n) is 11.5. The minimum atomic E-state index is -0.157. The third kappa shape index (κ3) is 4.50. The Balaban J connectivity index is 1.45. The van der Waals surface area contributed by atoms with Crippen molar-refractivity contribution in [2.24, 2.45) is 0 Å². The molecule has 0 atom stereocenters. The van der Waals surface area contributed by atoms with Crippen LogP contribution in [0.15, 0.2) is 60.8 Å². The predicted molar refractivity (Wildman–Crippen MR) is 139 cm³/mol. The molecule has 1 aliphatic carbocycles. The van der Waals surface area contributed by atoms with E-state index >= 15 is 0 Å². The Morgan fingerprint density at radius 2 is 1.88 bits per heavy atom. The molecule has 3 aromatic rings. The van der Waals surface area contributed by atoms with Crippen LogP contribution >= 0.6 is 23.2 Å². The maximum atomic E-state index is 13.7. The van der Waals surface area contributed by atoms with Gasteiger partial charge in [0.25, 0.3) is 5.91 Å². The first kappa shape index (κ1) is 22.8. The van der Waals surface area contributed by atoms with Gasteiger partial charge in [0.05, 0.1) is 21.4 Å². The molecule has 5 nitrogen and oxygen atoms in total. The van der Waals surface area contributed by atoms with Gasteiger partial charge in [-0.05, 0) is 55.2 Å². The SMILES string of the molecule is CCC=Cc1cc(Cl)c(Oc2ncccc2C(=O)N2CCN(C3CC3)c3ccccc32)cc1Cl. The van der Waals surface area contributed by atoms with Gasteiger partial charge in [0.15, 0.2) is 0 Å². The molecule has 1 aromatic heterocycles. The number of fused-ring (bicyclic) bond motifs is 1. The van der Waals surface area contributed by atoms with E-state index in [-0.39, 0.29) is 11.8 Å². The molecule has 2 aliphatic rings. The lowest BCUT2D eigenvalue weighted by molar-refractivity contribution is 0.0983. The summed E-state index contributed by atoms with van der Waals surface area (Å²) < 4.78 is 6.04. The molecule has 0 unspecified atom stereocenters. The molecule has 2 aromatic carbocycles. The van der Waals surface area contributed by atoms with Gasteiger partial charge in [0, 0.05) is 31.4 Å². The molecular weight excluding hydrogens is 469 g/mol. The second-order valence-corrected chi connectivity index (χ2v) is 9.26. The lowest BCUT2D eigenvalue weighted by Crippen LogP contribution is -2.45. The number of ether oxygens (including phenoxy) is 1. The highest BCUT2D eigenvalue weighted by molar-refractivity contribution is 6.35. The molecular formula is C27H25Cl2N3O2. The van der Waals surface area contributed by atoms with Crippen LogP contribution in [-0.4, -0.2) is 30.0 Å². The number of anilines is 2. The Hall–Kier alpha value is -3.02. The minimum absolute atomic E-state index is 0.157. The van der Waals surface area contributed by atoms with E-state index in [1.165, 1.54) is 12.8 Å². The van der Waals surface area contributed by atoms with Crippen molar-refractivity contribution in [1.82, 2.24) is 4.98 Å². The Bertz CT molecular complexity index is 1260. The number of carbonyl (C=O) groups is 1. The fourth-order valence-corrected chi connectivity index (χ4v) is 4.67. The van der Waals surface area contributed by atoms with Gasteiger partial charge in [-0.2, -0.15) is 0 Å². The molecule has 174 valence electrons. The first-order valence-corrected chi connectivity index (χ1v) is 12.3. The van der Waals surface area contributed by atoms with Crippen molar-refractivity contribution in [2.75, 3.05) is 22.9 Å². The van der Waals surface area contributed by atoms with E-state index in [1.54, 1.807) is 30.5 Å². The summed E-state index contributed by atoms with van der Waals surface area (Å²) in [6.45, 7) is 3.46. The number of allylic oxidation sites excluding steroid dienone is 1. The van der Waals surface area contributed by atoms with Crippen LogP contribution in [0.25, 0.3) is 6.08 Å². The van der Waals surface area contributed by atoms with E-state index in [4.69, 9.17) is 27.9 Å². The molecule has 0 radical (unpaired) electrons. The van der Waals surface area contributed by atoms with E-state index in [9.17, 15) is 4.79 Å². The quantitative estimate of drug-likeness (QED) is 0.363. The number of hydrogen-bond donors (Lipinski definition) is 0. The van der Waals surface area contributed by atoms with Crippen LogP contribution in [0.4, 0.5) is 11.4 Å². The summed E-state index contributed by atoms with van der Waals surface area (Å²) in [5.41, 5.74) is 3.19. The van der Waals surface area contributed by atoms with Gasteiger partial charge in [-0.15, -0.1) is 0 Å². The summed E-state index contributed by atoms with van der Waals surface area (Å²) >= 11 is 12.9. The Kier molecular flexibility index (Phi) is 6.48. The van der Waals surface area contributed by atoms with Crippen LogP contribution < -0.4 is 14.5 Å². The standard InChI is InChI=1S/C27H25Cl2N3O2/c1-2-3-7-18-16-22(29)25(17-21(18)28)34-26-20(8-6-13-30-26)27(33)32-15-14-31(19-11-12-19)23-9-4-5-10-24(23)32/h3-10,13,16-17,19H,2,11-12,14-15H2,1H3. The summed E-state index contributed by atoms with van der Waals surface area (Å²) in [6, 6.07) is 15.5. The van der Waals surface area contributed by atoms with Gasteiger partial charge in [0.1, 0.15) is 11.3 Å². The average molecular weight is 494 g/mol. The third-order valence-corrected chi connectivity index (χ3v) is 6.69. The third-order valence-electron chi connectivity index (χ3n) is 6.07. The van der Waals surface area contributed by atoms with Crippen molar-refractivity contribution < 1.29 is 9.53 Å². The molecule has 1 amide bonds. The highest BCUT2D eigenvalue weighted by Crippen LogP contribution is 2.41. The highest BCUT2D eigenvalue weighted by Gasteiger charge is 2.36. The molecule has 1 saturated carbocycles. The fourth-order valence-electron chi connectivity index (χ4n) is 4.24. The number of nitrogens with zero attached hydrogens (tertiary/aromatic N) is 3. The molecule has 0 N–H and O–H groups in total. The maximum Gasteiger partial charge on any atom is 0.263 e. The van der Waals surface area contributed by atoms with Crippen molar-refractivity contribution in [3.63, 3.8) is 0 Å². The Labute approximate surface area is 209 Å². The zero-order valence-electron chi connectivity index (χ0n) is 18.9. The number of benzene rings is 2. The molecule has 0 saturated heterocycles. The maximum absolute atomic E-state index is 13.7. The van der Waals surface area contributed by atoms with Gasteiger partial charge in [-0.1, -0.05) is 54.4 Å². The number of para-hydroxylation sites is 2. The molecule has 0 spiro atoms. The van der Waals surface area contributed by atoms with Crippen molar-refractivity contribution in [3.05, 3.63) is 82.0 Å². The fraction of sp³-hybridized carbons (Fsp3) is 0.259. The summed E-state index contributed by atoms with van der Waals surface area (Å²) in [4.78, 5) is 22.3. The lowest BCUT2D eigenvalue weighted by Gasteiger charge is -2.38. The topological polar surface area (TPSA) is 45.7 Å². The second kappa shape index (κ2) is 9.69. The molecule has 7 heteroatoms. The first-order chi connectivity index (χ1) is 16.6. The zero-order chi connectivity index (χ0) is 23.7. The number of carbonyl (C=O) groups excluding carboxylic acids is 1. The molecule has 5 rings (SSSR count). The molecule has 0 bridgehead atoms. The van der Waals surface area contributed by atoms with E-state index < -0.39 is 0 Å². The van der Waals surface area contributed by atoms with Crippen LogP contribution in [0.1, 0.15) is 42.1 Å². The molecule has 34 heavy (non-hydrogen) atoms. The monoisotopic (exact) mass is 493 g/mol. The van der Waals surface area contributed by atoms with Crippen LogP contribution in [0.5, 0.6) is 11.6 Å². The highest BCUT2D eigenvalue weighted by atomic mass is 35.5. The number of aromatic nitrogens is 1. The van der Waals surface area contributed by atoms with Crippen LogP contribution in [0.3, 0.4) is 0 Å². The van der Waals surface area contributed by atoms with Gasteiger partial charge in [0.2, 0.25) is 5.88 Å². The van der Waals surface area contributed by atoms with Gasteiger partial charge in [-0.3, -0.25) is 4.79 Å². The van der Waals surface area contributed by atoms with Crippen molar-refractivity contribution in [2.45, 2.75) is 32.2 Å². The van der Waals surface area contributed by atoms with Gasteiger partial charge >= 0.3 is 0 Å². The number of amides is 1. The van der Waals surface area contributed by atoms with Gasteiger partial charge < -0.3 is 14.5 Å². The number of hydrogen-bond acceptors (Lipinski definition) is 4. The summed E-state index contributed by atoms with van der Waals surface area (Å²) in [5.74, 6) is 0.396. The average Bonchev–Trinajstić information content (AvgIpc) is 3.70. The van der Waals surface area contributed by atoms with E-state index in [1.807, 2.05) is 42.2 Å². The van der Waals surface area contributed by atoms with Crippen LogP contribution in [0.2, 0.25) is 10.0 Å².